The monoisotopic (exact) mass is 357 g/mol. The SMILES string of the molecule is CC(CCc1ccccc1)NC(=O)/C=C/c1cccc(Br)c1. The Labute approximate surface area is 140 Å². The zero-order chi connectivity index (χ0) is 15.8. The minimum absolute atomic E-state index is 0.0551. The lowest BCUT2D eigenvalue weighted by atomic mass is 10.1. The lowest BCUT2D eigenvalue weighted by molar-refractivity contribution is -0.117. The molecule has 1 atom stereocenters. The van der Waals surface area contributed by atoms with Crippen molar-refractivity contribution in [2.75, 3.05) is 0 Å². The summed E-state index contributed by atoms with van der Waals surface area (Å²) < 4.78 is 1.01. The molecule has 3 heteroatoms. The van der Waals surface area contributed by atoms with Crippen LogP contribution in [0.5, 0.6) is 0 Å². The second-order valence-corrected chi connectivity index (χ2v) is 6.24. The Morgan fingerprint density at radius 3 is 2.68 bits per heavy atom. The zero-order valence-electron chi connectivity index (χ0n) is 12.6. The second kappa shape index (κ2) is 8.54. The molecule has 1 amide bonds. The number of hydrogen-bond acceptors (Lipinski definition) is 1. The molecule has 2 rings (SSSR count). The van der Waals surface area contributed by atoms with Crippen molar-refractivity contribution in [3.8, 4) is 0 Å². The van der Waals surface area contributed by atoms with E-state index in [0.29, 0.717) is 0 Å². The molecular formula is C19H20BrNO. The Morgan fingerprint density at radius 2 is 1.95 bits per heavy atom. The molecule has 0 heterocycles. The van der Waals surface area contributed by atoms with Gasteiger partial charge in [-0.25, -0.2) is 0 Å². The maximum absolute atomic E-state index is 11.9. The van der Waals surface area contributed by atoms with Gasteiger partial charge in [0, 0.05) is 16.6 Å². The van der Waals surface area contributed by atoms with Gasteiger partial charge >= 0.3 is 0 Å². The Balaban J connectivity index is 1.78. The molecule has 0 bridgehead atoms. The predicted octanol–water partition coefficient (Wildman–Crippen LogP) is 4.60. The molecule has 0 aliphatic carbocycles. The second-order valence-electron chi connectivity index (χ2n) is 5.32. The van der Waals surface area contributed by atoms with Crippen LogP contribution in [-0.2, 0) is 11.2 Å². The summed E-state index contributed by atoms with van der Waals surface area (Å²) in [6, 6.07) is 18.3. The summed E-state index contributed by atoms with van der Waals surface area (Å²) in [5.74, 6) is -0.0551. The fraction of sp³-hybridized carbons (Fsp3) is 0.211. The van der Waals surface area contributed by atoms with E-state index in [-0.39, 0.29) is 11.9 Å². The van der Waals surface area contributed by atoms with E-state index in [0.717, 1.165) is 22.9 Å². The van der Waals surface area contributed by atoms with Crippen molar-refractivity contribution < 1.29 is 4.79 Å². The van der Waals surface area contributed by atoms with Crippen molar-refractivity contribution in [2.24, 2.45) is 0 Å². The maximum Gasteiger partial charge on any atom is 0.244 e. The molecule has 0 aromatic heterocycles. The van der Waals surface area contributed by atoms with Crippen LogP contribution in [0.4, 0.5) is 0 Å². The van der Waals surface area contributed by atoms with Crippen LogP contribution in [0, 0.1) is 0 Å². The van der Waals surface area contributed by atoms with Gasteiger partial charge in [-0.05, 0) is 49.1 Å². The molecule has 0 saturated carbocycles. The zero-order valence-corrected chi connectivity index (χ0v) is 14.2. The van der Waals surface area contributed by atoms with Crippen LogP contribution in [-0.4, -0.2) is 11.9 Å². The number of carbonyl (C=O) groups is 1. The van der Waals surface area contributed by atoms with Crippen LogP contribution in [0.2, 0.25) is 0 Å². The topological polar surface area (TPSA) is 29.1 Å². The third-order valence-electron chi connectivity index (χ3n) is 3.37. The molecule has 114 valence electrons. The minimum atomic E-state index is -0.0551. The van der Waals surface area contributed by atoms with Gasteiger partial charge in [0.2, 0.25) is 5.91 Å². The number of rotatable bonds is 6. The van der Waals surface area contributed by atoms with Crippen LogP contribution in [0.25, 0.3) is 6.08 Å². The summed E-state index contributed by atoms with van der Waals surface area (Å²) in [5.41, 5.74) is 2.30. The predicted molar refractivity (Wildman–Crippen MR) is 95.5 cm³/mol. The number of benzene rings is 2. The van der Waals surface area contributed by atoms with E-state index in [4.69, 9.17) is 0 Å². The molecule has 2 aromatic carbocycles. The van der Waals surface area contributed by atoms with Crippen LogP contribution in [0.1, 0.15) is 24.5 Å². The Hall–Kier alpha value is -1.87. The van der Waals surface area contributed by atoms with E-state index < -0.39 is 0 Å². The third kappa shape index (κ3) is 5.86. The lowest BCUT2D eigenvalue weighted by Gasteiger charge is -2.12. The highest BCUT2D eigenvalue weighted by molar-refractivity contribution is 9.10. The summed E-state index contributed by atoms with van der Waals surface area (Å²) >= 11 is 3.42. The fourth-order valence-corrected chi connectivity index (χ4v) is 2.59. The number of hydrogen-bond donors (Lipinski definition) is 1. The Bertz CT molecular complexity index is 637. The van der Waals surface area contributed by atoms with Gasteiger partial charge in [-0.3, -0.25) is 4.79 Å². The van der Waals surface area contributed by atoms with Crippen LogP contribution < -0.4 is 5.32 Å². The average molecular weight is 358 g/mol. The van der Waals surface area contributed by atoms with Gasteiger partial charge in [0.1, 0.15) is 0 Å². The fourth-order valence-electron chi connectivity index (χ4n) is 2.17. The van der Waals surface area contributed by atoms with E-state index in [9.17, 15) is 4.79 Å². The molecule has 0 radical (unpaired) electrons. The molecule has 2 aromatic rings. The molecule has 0 fully saturated rings. The quantitative estimate of drug-likeness (QED) is 0.752. The highest BCUT2D eigenvalue weighted by Crippen LogP contribution is 2.12. The van der Waals surface area contributed by atoms with Gasteiger partial charge < -0.3 is 5.32 Å². The van der Waals surface area contributed by atoms with Crippen molar-refractivity contribution in [3.05, 3.63) is 76.3 Å². The molecule has 22 heavy (non-hydrogen) atoms. The molecule has 2 nitrogen and oxygen atoms in total. The van der Waals surface area contributed by atoms with E-state index in [1.807, 2.05) is 55.5 Å². The summed E-state index contributed by atoms with van der Waals surface area (Å²) in [5, 5.41) is 3.00. The first-order valence-electron chi connectivity index (χ1n) is 7.41. The number of amides is 1. The van der Waals surface area contributed by atoms with Crippen molar-refractivity contribution in [3.63, 3.8) is 0 Å². The Morgan fingerprint density at radius 1 is 1.18 bits per heavy atom. The van der Waals surface area contributed by atoms with E-state index in [1.54, 1.807) is 6.08 Å². The van der Waals surface area contributed by atoms with Gasteiger partial charge in [-0.2, -0.15) is 0 Å². The van der Waals surface area contributed by atoms with Gasteiger partial charge in [0.25, 0.3) is 0 Å². The van der Waals surface area contributed by atoms with Crippen LogP contribution in [0.3, 0.4) is 0 Å². The highest BCUT2D eigenvalue weighted by atomic mass is 79.9. The molecular weight excluding hydrogens is 338 g/mol. The van der Waals surface area contributed by atoms with Gasteiger partial charge in [0.15, 0.2) is 0 Å². The lowest BCUT2D eigenvalue weighted by Crippen LogP contribution is -2.31. The summed E-state index contributed by atoms with van der Waals surface area (Å²) in [7, 11) is 0. The third-order valence-corrected chi connectivity index (χ3v) is 3.87. The first kappa shape index (κ1) is 16.5. The minimum Gasteiger partial charge on any atom is -0.350 e. The summed E-state index contributed by atoms with van der Waals surface area (Å²) in [4.78, 5) is 11.9. The molecule has 0 spiro atoms. The number of aryl methyl sites for hydroxylation is 1. The highest BCUT2D eigenvalue weighted by Gasteiger charge is 2.05. The van der Waals surface area contributed by atoms with E-state index >= 15 is 0 Å². The van der Waals surface area contributed by atoms with E-state index in [1.165, 1.54) is 5.56 Å². The molecule has 0 saturated heterocycles. The Kier molecular flexibility index (Phi) is 6.41. The normalized spacial score (nSPS) is 12.3. The summed E-state index contributed by atoms with van der Waals surface area (Å²) in [6.07, 6.45) is 5.31. The van der Waals surface area contributed by atoms with Gasteiger partial charge in [-0.1, -0.05) is 58.4 Å². The first-order chi connectivity index (χ1) is 10.6. The summed E-state index contributed by atoms with van der Waals surface area (Å²) in [6.45, 7) is 2.04. The smallest absolute Gasteiger partial charge is 0.244 e. The van der Waals surface area contributed by atoms with Crippen molar-refractivity contribution in [2.45, 2.75) is 25.8 Å². The van der Waals surface area contributed by atoms with Gasteiger partial charge in [0.05, 0.1) is 0 Å². The average Bonchev–Trinajstić information content (AvgIpc) is 2.52. The van der Waals surface area contributed by atoms with Crippen molar-refractivity contribution in [1.82, 2.24) is 5.32 Å². The molecule has 1 unspecified atom stereocenters. The standard InChI is InChI=1S/C19H20BrNO/c1-15(10-11-16-6-3-2-4-7-16)21-19(22)13-12-17-8-5-9-18(20)14-17/h2-9,12-15H,10-11H2,1H3,(H,21,22)/b13-12+. The van der Waals surface area contributed by atoms with Crippen LogP contribution in [0.15, 0.2) is 65.1 Å². The van der Waals surface area contributed by atoms with Crippen molar-refractivity contribution >= 4 is 27.9 Å². The maximum atomic E-state index is 11.9. The van der Waals surface area contributed by atoms with E-state index in [2.05, 4.69) is 33.4 Å². The van der Waals surface area contributed by atoms with Crippen molar-refractivity contribution in [1.29, 1.82) is 0 Å². The van der Waals surface area contributed by atoms with Gasteiger partial charge in [-0.15, -0.1) is 0 Å². The first-order valence-corrected chi connectivity index (χ1v) is 8.21. The number of halogens is 1. The number of carbonyl (C=O) groups excluding carboxylic acids is 1. The molecule has 1 N–H and O–H groups in total. The largest absolute Gasteiger partial charge is 0.350 e. The molecule has 0 aliphatic rings. The van der Waals surface area contributed by atoms with Crippen LogP contribution >= 0.6 is 15.9 Å². The molecule has 0 aliphatic heterocycles. The number of nitrogens with one attached hydrogen (secondary N) is 1.